The Morgan fingerprint density at radius 3 is 2.89 bits per heavy atom. The summed E-state index contributed by atoms with van der Waals surface area (Å²) in [5.74, 6) is 0.184. The first-order valence-electron chi connectivity index (χ1n) is 9.43. The molecule has 2 aliphatic heterocycles. The van der Waals surface area contributed by atoms with Crippen LogP contribution in [0.25, 0.3) is 6.08 Å². The van der Waals surface area contributed by atoms with Crippen LogP contribution in [0, 0.1) is 5.92 Å². The molecule has 1 unspecified atom stereocenters. The van der Waals surface area contributed by atoms with Crippen molar-refractivity contribution in [2.75, 3.05) is 32.7 Å². The highest BCUT2D eigenvalue weighted by Crippen LogP contribution is 2.33. The van der Waals surface area contributed by atoms with Gasteiger partial charge in [-0.3, -0.25) is 24.2 Å². The highest BCUT2D eigenvalue weighted by molar-refractivity contribution is 8.18. The summed E-state index contributed by atoms with van der Waals surface area (Å²) in [6.45, 7) is 4.84. The minimum Gasteiger partial charge on any atom is -0.353 e. The Balaban J connectivity index is 1.49. The Morgan fingerprint density at radius 1 is 1.36 bits per heavy atom. The van der Waals surface area contributed by atoms with Crippen molar-refractivity contribution < 1.29 is 14.4 Å². The summed E-state index contributed by atoms with van der Waals surface area (Å²) in [6.07, 6.45) is 3.95. The molecule has 0 bridgehead atoms. The standard InChI is InChI=1S/C20H24ClN3O3S/c1-14-5-4-9-23(12-14)13-18(25)22-8-10-24-19(26)17(28-20(24)27)11-15-6-2-3-7-16(15)21/h2-3,6-7,11,14H,4-5,8-10,12-13H2,1H3,(H,22,25)/b17-11-. The molecule has 3 amide bonds. The first-order valence-corrected chi connectivity index (χ1v) is 10.6. The maximum absolute atomic E-state index is 12.5. The van der Waals surface area contributed by atoms with Gasteiger partial charge in [-0.1, -0.05) is 36.7 Å². The molecule has 0 aliphatic carbocycles. The Kier molecular flexibility index (Phi) is 7.15. The van der Waals surface area contributed by atoms with Gasteiger partial charge in [0.15, 0.2) is 0 Å². The average Bonchev–Trinajstić information content (AvgIpc) is 2.91. The zero-order chi connectivity index (χ0) is 20.1. The van der Waals surface area contributed by atoms with Crippen molar-refractivity contribution in [3.63, 3.8) is 0 Å². The second-order valence-corrected chi connectivity index (χ2v) is 8.59. The molecule has 2 aliphatic rings. The van der Waals surface area contributed by atoms with E-state index in [0.29, 0.717) is 28.0 Å². The van der Waals surface area contributed by atoms with E-state index in [9.17, 15) is 14.4 Å². The molecule has 3 rings (SSSR count). The van der Waals surface area contributed by atoms with Gasteiger partial charge in [-0.2, -0.15) is 0 Å². The molecule has 150 valence electrons. The summed E-state index contributed by atoms with van der Waals surface area (Å²) in [6, 6.07) is 7.15. The number of nitrogens with one attached hydrogen (secondary N) is 1. The second kappa shape index (κ2) is 9.58. The molecule has 2 fully saturated rings. The van der Waals surface area contributed by atoms with Gasteiger partial charge in [0.2, 0.25) is 5.91 Å². The third-order valence-electron chi connectivity index (χ3n) is 4.83. The number of amides is 3. The lowest BCUT2D eigenvalue weighted by Gasteiger charge is -2.30. The molecule has 1 N–H and O–H groups in total. The lowest BCUT2D eigenvalue weighted by Crippen LogP contribution is -2.44. The number of hydrogen-bond donors (Lipinski definition) is 1. The normalized spacial score (nSPS) is 22.1. The van der Waals surface area contributed by atoms with Crippen LogP contribution >= 0.6 is 23.4 Å². The monoisotopic (exact) mass is 421 g/mol. The number of thioether (sulfide) groups is 1. The maximum atomic E-state index is 12.5. The van der Waals surface area contributed by atoms with Crippen LogP contribution in [0.3, 0.4) is 0 Å². The molecule has 1 aromatic rings. The van der Waals surface area contributed by atoms with Crippen LogP contribution in [-0.4, -0.2) is 59.6 Å². The quantitative estimate of drug-likeness (QED) is 0.714. The van der Waals surface area contributed by atoms with E-state index in [1.165, 1.54) is 6.42 Å². The Hall–Kier alpha value is -1.83. The van der Waals surface area contributed by atoms with E-state index in [4.69, 9.17) is 11.6 Å². The summed E-state index contributed by atoms with van der Waals surface area (Å²) < 4.78 is 0. The molecule has 1 atom stereocenters. The van der Waals surface area contributed by atoms with Crippen LogP contribution in [0.5, 0.6) is 0 Å². The smallest absolute Gasteiger partial charge is 0.293 e. The minimum absolute atomic E-state index is 0.0762. The third kappa shape index (κ3) is 5.37. The van der Waals surface area contributed by atoms with Crippen LogP contribution in [0.1, 0.15) is 25.3 Å². The van der Waals surface area contributed by atoms with Crippen molar-refractivity contribution in [1.29, 1.82) is 0 Å². The van der Waals surface area contributed by atoms with Crippen LogP contribution in [0.4, 0.5) is 4.79 Å². The van der Waals surface area contributed by atoms with Gasteiger partial charge in [-0.15, -0.1) is 0 Å². The number of benzene rings is 1. The predicted molar refractivity (Wildman–Crippen MR) is 112 cm³/mol. The van der Waals surface area contributed by atoms with Crippen molar-refractivity contribution in [3.05, 3.63) is 39.8 Å². The van der Waals surface area contributed by atoms with E-state index in [1.54, 1.807) is 24.3 Å². The number of imide groups is 1. The lowest BCUT2D eigenvalue weighted by atomic mass is 10.0. The Bertz CT molecular complexity index is 799. The first kappa shape index (κ1) is 20.9. The molecular weight excluding hydrogens is 398 g/mol. The molecule has 28 heavy (non-hydrogen) atoms. The van der Waals surface area contributed by atoms with Gasteiger partial charge in [0.05, 0.1) is 11.4 Å². The van der Waals surface area contributed by atoms with Gasteiger partial charge in [-0.25, -0.2) is 0 Å². The predicted octanol–water partition coefficient (Wildman–Crippen LogP) is 3.22. The molecule has 1 aromatic carbocycles. The highest BCUT2D eigenvalue weighted by Gasteiger charge is 2.34. The fourth-order valence-electron chi connectivity index (χ4n) is 3.42. The second-order valence-electron chi connectivity index (χ2n) is 7.19. The van der Waals surface area contributed by atoms with E-state index in [-0.39, 0.29) is 30.1 Å². The summed E-state index contributed by atoms with van der Waals surface area (Å²) in [7, 11) is 0. The third-order valence-corrected chi connectivity index (χ3v) is 6.08. The van der Waals surface area contributed by atoms with Gasteiger partial charge >= 0.3 is 0 Å². The van der Waals surface area contributed by atoms with Crippen LogP contribution in [0.15, 0.2) is 29.2 Å². The fraction of sp³-hybridized carbons (Fsp3) is 0.450. The largest absolute Gasteiger partial charge is 0.353 e. The number of nitrogens with zero attached hydrogens (tertiary/aromatic N) is 2. The lowest BCUT2D eigenvalue weighted by molar-refractivity contribution is -0.125. The Morgan fingerprint density at radius 2 is 2.14 bits per heavy atom. The SMILES string of the molecule is CC1CCCN(CC(=O)NCCN2C(=O)S/C(=C\c3ccccc3Cl)C2=O)C1. The molecule has 2 saturated heterocycles. The molecule has 8 heteroatoms. The van der Waals surface area contributed by atoms with Crippen LogP contribution < -0.4 is 5.32 Å². The van der Waals surface area contributed by atoms with Crippen molar-refractivity contribution in [2.24, 2.45) is 5.92 Å². The summed E-state index contributed by atoms with van der Waals surface area (Å²) >= 11 is 7.01. The van der Waals surface area contributed by atoms with Crippen molar-refractivity contribution in [3.8, 4) is 0 Å². The van der Waals surface area contributed by atoms with Crippen molar-refractivity contribution in [2.45, 2.75) is 19.8 Å². The Labute approximate surface area is 174 Å². The molecular formula is C20H24ClN3O3S. The highest BCUT2D eigenvalue weighted by atomic mass is 35.5. The van der Waals surface area contributed by atoms with Gasteiger partial charge in [-0.05, 0) is 54.8 Å². The van der Waals surface area contributed by atoms with Gasteiger partial charge < -0.3 is 5.32 Å². The number of hydrogen-bond acceptors (Lipinski definition) is 5. The van der Waals surface area contributed by atoms with Crippen molar-refractivity contribution >= 4 is 46.5 Å². The molecule has 0 spiro atoms. The topological polar surface area (TPSA) is 69.7 Å². The number of halogens is 1. The molecule has 6 nitrogen and oxygen atoms in total. The minimum atomic E-state index is -0.353. The molecule has 0 aromatic heterocycles. The van der Waals surface area contributed by atoms with E-state index in [1.807, 2.05) is 6.07 Å². The number of likely N-dealkylation sites (tertiary alicyclic amines) is 1. The zero-order valence-electron chi connectivity index (χ0n) is 15.8. The molecule has 2 heterocycles. The average molecular weight is 422 g/mol. The van der Waals surface area contributed by atoms with E-state index < -0.39 is 0 Å². The summed E-state index contributed by atoms with van der Waals surface area (Å²) in [5.41, 5.74) is 0.693. The van der Waals surface area contributed by atoms with E-state index >= 15 is 0 Å². The van der Waals surface area contributed by atoms with Gasteiger partial charge in [0, 0.05) is 24.7 Å². The summed E-state index contributed by atoms with van der Waals surface area (Å²) in [5, 5.41) is 3.00. The molecule has 0 radical (unpaired) electrons. The number of rotatable bonds is 6. The number of carbonyl (C=O) groups is 3. The first-order chi connectivity index (χ1) is 13.4. The van der Waals surface area contributed by atoms with Crippen molar-refractivity contribution in [1.82, 2.24) is 15.1 Å². The number of carbonyl (C=O) groups excluding carboxylic acids is 3. The van der Waals surface area contributed by atoms with Gasteiger partial charge in [0.1, 0.15) is 0 Å². The number of piperidine rings is 1. The maximum Gasteiger partial charge on any atom is 0.293 e. The van der Waals surface area contributed by atoms with Crippen LogP contribution in [0.2, 0.25) is 5.02 Å². The van der Waals surface area contributed by atoms with Gasteiger partial charge in [0.25, 0.3) is 11.1 Å². The van der Waals surface area contributed by atoms with E-state index in [0.717, 1.165) is 36.2 Å². The summed E-state index contributed by atoms with van der Waals surface area (Å²) in [4.78, 5) is 40.5. The molecule has 0 saturated carbocycles. The zero-order valence-corrected chi connectivity index (χ0v) is 17.4. The van der Waals surface area contributed by atoms with Crippen LogP contribution in [-0.2, 0) is 9.59 Å². The van der Waals surface area contributed by atoms with E-state index in [2.05, 4.69) is 17.1 Å². The fourth-order valence-corrected chi connectivity index (χ4v) is 4.47.